The summed E-state index contributed by atoms with van der Waals surface area (Å²) in [6, 6.07) is 3.17. The van der Waals surface area contributed by atoms with E-state index in [0.717, 1.165) is 44.2 Å². The Hall–Kier alpha value is -0.980. The van der Waals surface area contributed by atoms with Gasteiger partial charge in [0.25, 0.3) is 0 Å². The van der Waals surface area contributed by atoms with Crippen LogP contribution in [0.3, 0.4) is 0 Å². The third-order valence-electron chi connectivity index (χ3n) is 4.39. The van der Waals surface area contributed by atoms with Gasteiger partial charge in [0.1, 0.15) is 4.90 Å². The number of rotatable bonds is 3. The first kappa shape index (κ1) is 13.0. The van der Waals surface area contributed by atoms with E-state index in [9.17, 15) is 8.42 Å². The van der Waals surface area contributed by atoms with E-state index in [1.165, 1.54) is 0 Å². The van der Waals surface area contributed by atoms with Crippen LogP contribution in [0.1, 0.15) is 18.5 Å². The second kappa shape index (κ2) is 4.85. The van der Waals surface area contributed by atoms with Gasteiger partial charge in [-0.15, -0.1) is 0 Å². The Balaban J connectivity index is 1.78. The summed E-state index contributed by atoms with van der Waals surface area (Å²) in [6.07, 6.45) is 4.69. The molecule has 2 fully saturated rings. The fraction of sp³-hybridized carbons (Fsp3) is 0.615. The highest BCUT2D eigenvalue weighted by Gasteiger charge is 2.37. The highest BCUT2D eigenvalue weighted by molar-refractivity contribution is 7.89. The average Bonchev–Trinajstić information content (AvgIpc) is 2.88. The smallest absolute Gasteiger partial charge is 0.239 e. The van der Waals surface area contributed by atoms with E-state index in [4.69, 9.17) is 5.14 Å². The highest BCUT2D eigenvalue weighted by Crippen LogP contribution is 2.40. The monoisotopic (exact) mass is 281 g/mol. The van der Waals surface area contributed by atoms with Crippen molar-refractivity contribution < 1.29 is 8.42 Å². The number of hydrogen-bond donors (Lipinski definition) is 2. The van der Waals surface area contributed by atoms with Gasteiger partial charge in [-0.1, -0.05) is 0 Å². The number of fused-ring (bicyclic) bond motifs is 1. The van der Waals surface area contributed by atoms with Gasteiger partial charge in [0.15, 0.2) is 0 Å². The van der Waals surface area contributed by atoms with Crippen LogP contribution in [0, 0.1) is 17.8 Å². The van der Waals surface area contributed by atoms with Crippen LogP contribution in [0.5, 0.6) is 0 Å². The summed E-state index contributed by atoms with van der Waals surface area (Å²) in [5.41, 5.74) is 0.628. The van der Waals surface area contributed by atoms with Gasteiger partial charge in [0.2, 0.25) is 10.0 Å². The van der Waals surface area contributed by atoms with Gasteiger partial charge in [-0.25, -0.2) is 13.6 Å². The summed E-state index contributed by atoms with van der Waals surface area (Å²) < 4.78 is 23.1. The predicted molar refractivity (Wildman–Crippen MR) is 71.9 cm³/mol. The Morgan fingerprint density at radius 1 is 1.32 bits per heavy atom. The van der Waals surface area contributed by atoms with Crippen molar-refractivity contribution in [1.29, 1.82) is 0 Å². The molecule has 5 nitrogen and oxygen atoms in total. The molecule has 0 bridgehead atoms. The summed E-state index contributed by atoms with van der Waals surface area (Å²) in [6.45, 7) is 2.21. The minimum atomic E-state index is -3.67. The number of nitrogens with zero attached hydrogens (tertiary/aromatic N) is 1. The molecule has 19 heavy (non-hydrogen) atoms. The van der Waals surface area contributed by atoms with E-state index in [-0.39, 0.29) is 4.90 Å². The molecule has 3 rings (SSSR count). The highest BCUT2D eigenvalue weighted by atomic mass is 32.2. The van der Waals surface area contributed by atoms with Gasteiger partial charge in [0.05, 0.1) is 5.69 Å². The normalized spacial score (nSPS) is 30.5. The van der Waals surface area contributed by atoms with Crippen LogP contribution in [0.15, 0.2) is 23.2 Å². The Bertz CT molecular complexity index is 561. The van der Waals surface area contributed by atoms with Crippen molar-refractivity contribution in [3.05, 3.63) is 24.0 Å². The largest absolute Gasteiger partial charge is 0.316 e. The van der Waals surface area contributed by atoms with E-state index < -0.39 is 10.0 Å². The molecule has 0 aromatic carbocycles. The van der Waals surface area contributed by atoms with Crippen LogP contribution >= 0.6 is 0 Å². The van der Waals surface area contributed by atoms with Gasteiger partial charge >= 0.3 is 0 Å². The van der Waals surface area contributed by atoms with Crippen molar-refractivity contribution in [2.24, 2.45) is 22.9 Å². The summed E-state index contributed by atoms with van der Waals surface area (Å²) in [5, 5.41) is 8.66. The van der Waals surface area contributed by atoms with Crippen molar-refractivity contribution in [2.45, 2.75) is 24.2 Å². The van der Waals surface area contributed by atoms with Crippen LogP contribution in [0.2, 0.25) is 0 Å². The maximum atomic E-state index is 11.6. The lowest BCUT2D eigenvalue weighted by atomic mass is 9.99. The first-order valence-corrected chi connectivity index (χ1v) is 8.26. The summed E-state index contributed by atoms with van der Waals surface area (Å²) in [4.78, 5) is 4.41. The van der Waals surface area contributed by atoms with Crippen LogP contribution in [-0.2, 0) is 16.4 Å². The number of primary sulfonamides is 1. The Morgan fingerprint density at radius 3 is 2.63 bits per heavy atom. The summed E-state index contributed by atoms with van der Waals surface area (Å²) >= 11 is 0. The Labute approximate surface area is 113 Å². The number of hydrogen-bond acceptors (Lipinski definition) is 4. The fourth-order valence-corrected chi connectivity index (χ4v) is 4.30. The first-order chi connectivity index (χ1) is 9.04. The van der Waals surface area contributed by atoms with Gasteiger partial charge < -0.3 is 5.32 Å². The molecular weight excluding hydrogens is 262 g/mol. The molecular formula is C13H19N3O2S. The summed E-state index contributed by atoms with van der Waals surface area (Å²) in [5.74, 6) is 2.05. The summed E-state index contributed by atoms with van der Waals surface area (Å²) in [7, 11) is -3.67. The van der Waals surface area contributed by atoms with Gasteiger partial charge in [-0.2, -0.15) is 0 Å². The van der Waals surface area contributed by atoms with Gasteiger partial charge in [0, 0.05) is 6.20 Å². The lowest BCUT2D eigenvalue weighted by Gasteiger charge is -2.12. The molecule has 0 radical (unpaired) electrons. The molecule has 1 aromatic heterocycles. The third kappa shape index (κ3) is 2.66. The number of pyridine rings is 1. The van der Waals surface area contributed by atoms with E-state index in [2.05, 4.69) is 10.3 Å². The molecule has 2 unspecified atom stereocenters. The second-order valence-electron chi connectivity index (χ2n) is 5.71. The van der Waals surface area contributed by atoms with Gasteiger partial charge in [-0.3, -0.25) is 4.98 Å². The number of sulfonamides is 1. The van der Waals surface area contributed by atoms with Crippen LogP contribution in [0.25, 0.3) is 0 Å². The molecule has 3 N–H and O–H groups in total. The van der Waals surface area contributed by atoms with Crippen LogP contribution in [0.4, 0.5) is 0 Å². The van der Waals surface area contributed by atoms with Crippen LogP contribution < -0.4 is 10.5 Å². The lowest BCUT2D eigenvalue weighted by Crippen LogP contribution is -2.18. The van der Waals surface area contributed by atoms with Crippen molar-refractivity contribution in [2.75, 3.05) is 13.1 Å². The van der Waals surface area contributed by atoms with Crippen molar-refractivity contribution in [3.8, 4) is 0 Å². The molecule has 0 spiro atoms. The zero-order valence-electron chi connectivity index (χ0n) is 10.7. The Kier molecular flexibility index (Phi) is 3.32. The van der Waals surface area contributed by atoms with Crippen molar-refractivity contribution in [3.63, 3.8) is 0 Å². The SMILES string of the molecule is NS(=O)(=O)c1cccnc1CC1CC2CNCC2C1. The van der Waals surface area contributed by atoms with Crippen molar-refractivity contribution in [1.82, 2.24) is 10.3 Å². The molecule has 2 aliphatic rings. The minimum Gasteiger partial charge on any atom is -0.316 e. The maximum absolute atomic E-state index is 11.6. The molecule has 0 amide bonds. The molecule has 1 aliphatic heterocycles. The number of aromatic nitrogens is 1. The molecule has 1 aromatic rings. The zero-order valence-corrected chi connectivity index (χ0v) is 11.6. The first-order valence-electron chi connectivity index (χ1n) is 6.71. The molecule has 1 aliphatic carbocycles. The molecule has 104 valence electrons. The predicted octanol–water partition coefficient (Wildman–Crippen LogP) is 0.517. The minimum absolute atomic E-state index is 0.185. The molecule has 2 atom stereocenters. The maximum Gasteiger partial charge on any atom is 0.239 e. The van der Waals surface area contributed by atoms with E-state index in [1.54, 1.807) is 18.3 Å². The van der Waals surface area contributed by atoms with E-state index >= 15 is 0 Å². The average molecular weight is 281 g/mol. The Morgan fingerprint density at radius 2 is 2.00 bits per heavy atom. The standard InChI is InChI=1S/C13H19N3O2S/c14-19(17,18)13-2-1-3-16-12(13)6-9-4-10-7-15-8-11(10)5-9/h1-3,9-11,15H,4-8H2,(H2,14,17,18). The van der Waals surface area contributed by atoms with Gasteiger partial charge in [-0.05, 0) is 62.2 Å². The topological polar surface area (TPSA) is 85.1 Å². The molecule has 2 heterocycles. The fourth-order valence-electron chi connectivity index (χ4n) is 3.57. The zero-order chi connectivity index (χ0) is 13.5. The van der Waals surface area contributed by atoms with E-state index in [0.29, 0.717) is 11.6 Å². The molecule has 6 heteroatoms. The van der Waals surface area contributed by atoms with E-state index in [1.807, 2.05) is 0 Å². The molecule has 1 saturated heterocycles. The second-order valence-corrected chi connectivity index (χ2v) is 7.24. The van der Waals surface area contributed by atoms with Crippen molar-refractivity contribution >= 4 is 10.0 Å². The third-order valence-corrected chi connectivity index (χ3v) is 5.37. The number of nitrogens with two attached hydrogens (primary N) is 1. The number of nitrogens with one attached hydrogen (secondary N) is 1. The van der Waals surface area contributed by atoms with Crippen LogP contribution in [-0.4, -0.2) is 26.5 Å². The quantitative estimate of drug-likeness (QED) is 0.845. The lowest BCUT2D eigenvalue weighted by molar-refractivity contribution is 0.481. The molecule has 1 saturated carbocycles.